The fourth-order valence-corrected chi connectivity index (χ4v) is 6.04. The van der Waals surface area contributed by atoms with Gasteiger partial charge in [0.15, 0.2) is 0 Å². The molecule has 0 N–H and O–H groups in total. The number of piperazine rings is 1. The van der Waals surface area contributed by atoms with Gasteiger partial charge in [0.25, 0.3) is 17.7 Å². The SMILES string of the molecule is CC(C)(C)OC(=O)N1CCN(c2ccc(C(=O)N3CCC(CCCCN4C(=O)c5ccccc5C4=O)CC3)cc2)CC1. The molecule has 0 aromatic heterocycles. The number of piperidine rings is 1. The summed E-state index contributed by atoms with van der Waals surface area (Å²) in [6.07, 6.45) is 4.47. The van der Waals surface area contributed by atoms with Gasteiger partial charge in [-0.25, -0.2) is 4.79 Å². The Kier molecular flexibility index (Phi) is 8.85. The van der Waals surface area contributed by atoms with Gasteiger partial charge in [-0.2, -0.15) is 0 Å². The summed E-state index contributed by atoms with van der Waals surface area (Å²) >= 11 is 0. The molecule has 5 rings (SSSR count). The van der Waals surface area contributed by atoms with E-state index in [0.29, 0.717) is 42.2 Å². The van der Waals surface area contributed by atoms with Crippen molar-refractivity contribution in [3.8, 4) is 0 Å². The third kappa shape index (κ3) is 6.77. The van der Waals surface area contributed by atoms with Gasteiger partial charge in [0.05, 0.1) is 11.1 Å². The molecule has 4 amide bonds. The number of unbranched alkanes of at least 4 members (excludes halogenated alkanes) is 1. The fourth-order valence-electron chi connectivity index (χ4n) is 6.04. The molecule has 9 heteroatoms. The lowest BCUT2D eigenvalue weighted by Gasteiger charge is -2.37. The molecule has 0 unspecified atom stereocenters. The number of rotatable bonds is 7. The average Bonchev–Trinajstić information content (AvgIpc) is 3.23. The van der Waals surface area contributed by atoms with E-state index in [4.69, 9.17) is 4.74 Å². The van der Waals surface area contributed by atoms with Crippen LogP contribution in [-0.2, 0) is 4.74 Å². The van der Waals surface area contributed by atoms with Crippen LogP contribution in [0.2, 0.25) is 0 Å². The lowest BCUT2D eigenvalue weighted by atomic mass is 9.91. The van der Waals surface area contributed by atoms with Gasteiger partial charge in [0, 0.05) is 57.1 Å². The highest BCUT2D eigenvalue weighted by molar-refractivity contribution is 6.21. The van der Waals surface area contributed by atoms with Crippen LogP contribution in [0.5, 0.6) is 0 Å². The zero-order valence-corrected chi connectivity index (χ0v) is 25.0. The van der Waals surface area contributed by atoms with Crippen LogP contribution in [0.1, 0.15) is 83.9 Å². The lowest BCUT2D eigenvalue weighted by Crippen LogP contribution is -2.50. The largest absolute Gasteiger partial charge is 0.444 e. The topological polar surface area (TPSA) is 90.5 Å². The second-order valence-electron chi connectivity index (χ2n) is 12.5. The number of carbonyl (C=O) groups excluding carboxylic acids is 4. The maximum absolute atomic E-state index is 13.2. The Hall–Kier alpha value is -3.88. The molecule has 0 bridgehead atoms. The predicted octanol–water partition coefficient (Wildman–Crippen LogP) is 5.06. The number of nitrogens with zero attached hydrogens (tertiary/aromatic N) is 4. The lowest BCUT2D eigenvalue weighted by molar-refractivity contribution is 0.0240. The van der Waals surface area contributed by atoms with Gasteiger partial charge in [0.2, 0.25) is 0 Å². The number of anilines is 1. The summed E-state index contributed by atoms with van der Waals surface area (Å²) in [6, 6.07) is 14.8. The Morgan fingerprint density at radius 3 is 1.95 bits per heavy atom. The number of imide groups is 1. The highest BCUT2D eigenvalue weighted by Crippen LogP contribution is 2.27. The highest BCUT2D eigenvalue weighted by atomic mass is 16.6. The summed E-state index contributed by atoms with van der Waals surface area (Å²) in [7, 11) is 0. The molecule has 0 atom stereocenters. The van der Waals surface area contributed by atoms with Crippen molar-refractivity contribution in [2.24, 2.45) is 5.92 Å². The first-order chi connectivity index (χ1) is 20.1. The number of hydrogen-bond donors (Lipinski definition) is 0. The van der Waals surface area contributed by atoms with Gasteiger partial charge in [-0.1, -0.05) is 25.0 Å². The maximum atomic E-state index is 13.2. The number of likely N-dealkylation sites (tertiary alicyclic amines) is 1. The predicted molar refractivity (Wildman–Crippen MR) is 161 cm³/mol. The van der Waals surface area contributed by atoms with Gasteiger partial charge < -0.3 is 19.4 Å². The minimum atomic E-state index is -0.501. The average molecular weight is 575 g/mol. The van der Waals surface area contributed by atoms with Crippen molar-refractivity contribution in [1.82, 2.24) is 14.7 Å². The van der Waals surface area contributed by atoms with Gasteiger partial charge in [-0.3, -0.25) is 19.3 Å². The molecule has 2 saturated heterocycles. The van der Waals surface area contributed by atoms with E-state index in [1.807, 2.05) is 49.9 Å². The van der Waals surface area contributed by atoms with Crippen molar-refractivity contribution in [3.05, 3.63) is 65.2 Å². The van der Waals surface area contributed by atoms with E-state index in [-0.39, 0.29) is 23.8 Å². The molecular formula is C33H42N4O5. The molecule has 42 heavy (non-hydrogen) atoms. The third-order valence-corrected chi connectivity index (χ3v) is 8.43. The molecule has 3 heterocycles. The molecule has 0 aliphatic carbocycles. The highest BCUT2D eigenvalue weighted by Gasteiger charge is 2.34. The van der Waals surface area contributed by atoms with Crippen molar-refractivity contribution in [2.75, 3.05) is 50.7 Å². The number of hydrogen-bond acceptors (Lipinski definition) is 6. The molecule has 2 aromatic carbocycles. The summed E-state index contributed by atoms with van der Waals surface area (Å²) < 4.78 is 5.49. The zero-order chi connectivity index (χ0) is 29.9. The molecule has 224 valence electrons. The van der Waals surface area contributed by atoms with Crippen LogP contribution in [0.4, 0.5) is 10.5 Å². The van der Waals surface area contributed by atoms with Gasteiger partial charge >= 0.3 is 6.09 Å². The smallest absolute Gasteiger partial charge is 0.410 e. The molecule has 3 aliphatic rings. The van der Waals surface area contributed by atoms with Gasteiger partial charge in [0.1, 0.15) is 5.60 Å². The zero-order valence-electron chi connectivity index (χ0n) is 25.0. The monoisotopic (exact) mass is 574 g/mol. The first kappa shape index (κ1) is 29.6. The van der Waals surface area contributed by atoms with E-state index in [9.17, 15) is 19.2 Å². The summed E-state index contributed by atoms with van der Waals surface area (Å²) in [5.41, 5.74) is 2.26. The Balaban J connectivity index is 1.01. The van der Waals surface area contributed by atoms with E-state index >= 15 is 0 Å². The quantitative estimate of drug-likeness (QED) is 0.339. The van der Waals surface area contributed by atoms with Crippen LogP contribution >= 0.6 is 0 Å². The van der Waals surface area contributed by atoms with Crippen molar-refractivity contribution < 1.29 is 23.9 Å². The van der Waals surface area contributed by atoms with Gasteiger partial charge in [-0.05, 0) is 82.3 Å². The van der Waals surface area contributed by atoms with E-state index < -0.39 is 5.60 Å². The molecule has 2 fully saturated rings. The van der Waals surface area contributed by atoms with Crippen molar-refractivity contribution in [2.45, 2.75) is 58.5 Å². The normalized spacial score (nSPS) is 18.0. The second-order valence-corrected chi connectivity index (χ2v) is 12.5. The Bertz CT molecular complexity index is 1270. The van der Waals surface area contributed by atoms with Crippen LogP contribution in [0.25, 0.3) is 0 Å². The summed E-state index contributed by atoms with van der Waals surface area (Å²) in [4.78, 5) is 57.9. The van der Waals surface area contributed by atoms with Crippen LogP contribution in [-0.4, -0.2) is 89.9 Å². The molecule has 9 nitrogen and oxygen atoms in total. The minimum absolute atomic E-state index is 0.0698. The van der Waals surface area contributed by atoms with Gasteiger partial charge in [-0.15, -0.1) is 0 Å². The standard InChI is InChI=1S/C33H42N4O5/c1-33(2,3)42-32(41)36-22-20-34(21-23-36)26-13-11-25(12-14-26)29(38)35-18-15-24(16-19-35)8-6-7-17-37-30(39)27-9-4-5-10-28(27)31(37)40/h4-5,9-14,24H,6-8,15-23H2,1-3H3. The van der Waals surface area contributed by atoms with E-state index in [2.05, 4.69) is 4.90 Å². The Morgan fingerprint density at radius 1 is 0.786 bits per heavy atom. The van der Waals surface area contributed by atoms with Crippen LogP contribution in [0.15, 0.2) is 48.5 Å². The minimum Gasteiger partial charge on any atom is -0.444 e. The Morgan fingerprint density at radius 2 is 1.38 bits per heavy atom. The summed E-state index contributed by atoms with van der Waals surface area (Å²) in [6.45, 7) is 10.2. The molecular weight excluding hydrogens is 532 g/mol. The van der Waals surface area contributed by atoms with Crippen molar-refractivity contribution in [1.29, 1.82) is 0 Å². The first-order valence-electron chi connectivity index (χ1n) is 15.2. The second kappa shape index (κ2) is 12.5. The summed E-state index contributed by atoms with van der Waals surface area (Å²) in [5, 5.41) is 0. The van der Waals surface area contributed by atoms with E-state index in [0.717, 1.165) is 64.0 Å². The first-order valence-corrected chi connectivity index (χ1v) is 15.2. The van der Waals surface area contributed by atoms with Crippen molar-refractivity contribution >= 4 is 29.5 Å². The molecule has 0 saturated carbocycles. The molecule has 0 spiro atoms. The van der Waals surface area contributed by atoms with Crippen molar-refractivity contribution in [3.63, 3.8) is 0 Å². The third-order valence-electron chi connectivity index (χ3n) is 8.43. The molecule has 3 aliphatic heterocycles. The Labute approximate surface area is 248 Å². The summed E-state index contributed by atoms with van der Waals surface area (Å²) in [5.74, 6) is 0.255. The van der Waals surface area contributed by atoms with Crippen LogP contribution in [0, 0.1) is 5.92 Å². The van der Waals surface area contributed by atoms with E-state index in [1.54, 1.807) is 29.2 Å². The van der Waals surface area contributed by atoms with Crippen LogP contribution < -0.4 is 4.90 Å². The molecule has 0 radical (unpaired) electrons. The number of carbonyl (C=O) groups is 4. The molecule has 2 aromatic rings. The van der Waals surface area contributed by atoms with E-state index in [1.165, 1.54) is 4.90 Å². The van der Waals surface area contributed by atoms with Crippen LogP contribution in [0.3, 0.4) is 0 Å². The maximum Gasteiger partial charge on any atom is 0.410 e. The number of benzene rings is 2. The number of fused-ring (bicyclic) bond motifs is 1. The number of amides is 4. The fraction of sp³-hybridized carbons (Fsp3) is 0.515. The number of ether oxygens (including phenoxy) is 1.